The fourth-order valence-electron chi connectivity index (χ4n) is 2.71. The summed E-state index contributed by atoms with van der Waals surface area (Å²) in [5, 5.41) is 5.22. The molecule has 0 radical (unpaired) electrons. The molecule has 22 heavy (non-hydrogen) atoms. The van der Waals surface area contributed by atoms with Crippen molar-refractivity contribution in [2.45, 2.75) is 6.04 Å². The highest BCUT2D eigenvalue weighted by Crippen LogP contribution is 2.36. The number of hydrogen-bond acceptors (Lipinski definition) is 3. The van der Waals surface area contributed by atoms with E-state index >= 15 is 0 Å². The van der Waals surface area contributed by atoms with Crippen molar-refractivity contribution in [1.82, 2.24) is 10.2 Å². The highest BCUT2D eigenvalue weighted by atomic mass is 79.9. The molecule has 7 heteroatoms. The topological polar surface area (TPSA) is 15.3 Å². The highest BCUT2D eigenvalue weighted by Gasteiger charge is 2.29. The number of thiophene rings is 1. The molecule has 1 N–H and O–H groups in total. The molecular formula is C15H16BrClF2N2S. The Labute approximate surface area is 147 Å². The van der Waals surface area contributed by atoms with Crippen molar-refractivity contribution in [3.8, 4) is 0 Å². The van der Waals surface area contributed by atoms with Crippen LogP contribution in [0.4, 0.5) is 8.78 Å². The van der Waals surface area contributed by atoms with E-state index in [0.717, 1.165) is 31.1 Å². The molecule has 0 amide bonds. The standard InChI is InChI=1S/C15H15BrF2N2S.ClH/c16-10-8-11(17)14(12(18)9-10)15(13-2-1-7-21-13)20-5-3-19-4-6-20;/h1-2,7-9,15,19H,3-6H2;1H/t15-;/m0./s1. The second-order valence-electron chi connectivity index (χ2n) is 4.99. The molecule has 1 atom stereocenters. The predicted molar refractivity (Wildman–Crippen MR) is 91.9 cm³/mol. The first kappa shape index (κ1) is 17.8. The van der Waals surface area contributed by atoms with Crippen LogP contribution >= 0.6 is 39.7 Å². The van der Waals surface area contributed by atoms with E-state index in [1.807, 2.05) is 17.5 Å². The molecule has 1 aromatic heterocycles. The van der Waals surface area contributed by atoms with Crippen molar-refractivity contribution < 1.29 is 8.78 Å². The van der Waals surface area contributed by atoms with Crippen LogP contribution in [0.5, 0.6) is 0 Å². The smallest absolute Gasteiger partial charge is 0.132 e. The van der Waals surface area contributed by atoms with Crippen molar-refractivity contribution in [3.63, 3.8) is 0 Å². The van der Waals surface area contributed by atoms with Gasteiger partial charge in [0.15, 0.2) is 0 Å². The van der Waals surface area contributed by atoms with Gasteiger partial charge in [-0.2, -0.15) is 0 Å². The van der Waals surface area contributed by atoms with Gasteiger partial charge in [0.05, 0.1) is 6.04 Å². The summed E-state index contributed by atoms with van der Waals surface area (Å²) in [6.07, 6.45) is 0. The molecule has 3 rings (SSSR count). The molecule has 0 aliphatic carbocycles. The summed E-state index contributed by atoms with van der Waals surface area (Å²) >= 11 is 4.67. The zero-order valence-corrected chi connectivity index (χ0v) is 14.9. The van der Waals surface area contributed by atoms with Gasteiger partial charge in [-0.15, -0.1) is 23.7 Å². The van der Waals surface area contributed by atoms with Crippen LogP contribution in [0.3, 0.4) is 0 Å². The van der Waals surface area contributed by atoms with Crippen LogP contribution in [0, 0.1) is 11.6 Å². The summed E-state index contributed by atoms with van der Waals surface area (Å²) in [5.74, 6) is -1.00. The molecule has 0 bridgehead atoms. The lowest BCUT2D eigenvalue weighted by molar-refractivity contribution is 0.194. The van der Waals surface area contributed by atoms with Crippen molar-refractivity contribution in [2.75, 3.05) is 26.2 Å². The van der Waals surface area contributed by atoms with E-state index in [9.17, 15) is 8.78 Å². The van der Waals surface area contributed by atoms with Crippen molar-refractivity contribution in [2.24, 2.45) is 0 Å². The second kappa shape index (κ2) is 7.84. The van der Waals surface area contributed by atoms with Crippen LogP contribution < -0.4 is 5.32 Å². The quantitative estimate of drug-likeness (QED) is 0.817. The Hall–Kier alpha value is -0.530. The number of hydrogen-bond donors (Lipinski definition) is 1. The third-order valence-electron chi connectivity index (χ3n) is 3.65. The summed E-state index contributed by atoms with van der Waals surface area (Å²) in [5.41, 5.74) is 0.141. The lowest BCUT2D eigenvalue weighted by atomic mass is 10.0. The number of piperazine rings is 1. The molecule has 0 spiro atoms. The largest absolute Gasteiger partial charge is 0.314 e. The minimum Gasteiger partial charge on any atom is -0.314 e. The first-order chi connectivity index (χ1) is 10.2. The Balaban J connectivity index is 0.00000176. The number of benzene rings is 1. The van der Waals surface area contributed by atoms with Crippen LogP contribution in [0.2, 0.25) is 0 Å². The Bertz CT molecular complexity index is 595. The van der Waals surface area contributed by atoms with E-state index in [4.69, 9.17) is 0 Å². The van der Waals surface area contributed by atoms with Crippen molar-refractivity contribution in [1.29, 1.82) is 0 Å². The molecule has 0 unspecified atom stereocenters. The number of nitrogens with zero attached hydrogens (tertiary/aromatic N) is 1. The van der Waals surface area contributed by atoms with Gasteiger partial charge in [-0.3, -0.25) is 4.90 Å². The minimum absolute atomic E-state index is 0. The number of nitrogens with one attached hydrogen (secondary N) is 1. The zero-order chi connectivity index (χ0) is 14.8. The zero-order valence-electron chi connectivity index (χ0n) is 11.7. The van der Waals surface area contributed by atoms with Crippen molar-refractivity contribution in [3.05, 3.63) is 56.2 Å². The Morgan fingerprint density at radius 1 is 1.18 bits per heavy atom. The van der Waals surface area contributed by atoms with Gasteiger partial charge in [-0.05, 0) is 23.6 Å². The van der Waals surface area contributed by atoms with Crippen LogP contribution in [-0.2, 0) is 0 Å². The maximum atomic E-state index is 14.4. The average molecular weight is 410 g/mol. The van der Waals surface area contributed by atoms with Gasteiger partial charge in [-0.1, -0.05) is 22.0 Å². The third kappa shape index (κ3) is 3.68. The molecule has 2 heterocycles. The van der Waals surface area contributed by atoms with E-state index in [-0.39, 0.29) is 24.0 Å². The van der Waals surface area contributed by atoms with Crippen LogP contribution in [0.1, 0.15) is 16.5 Å². The summed E-state index contributed by atoms with van der Waals surface area (Å²) < 4.78 is 29.2. The normalized spacial score (nSPS) is 17.0. The van der Waals surface area contributed by atoms with E-state index in [1.54, 1.807) is 0 Å². The van der Waals surface area contributed by atoms with Gasteiger partial charge < -0.3 is 5.32 Å². The van der Waals surface area contributed by atoms with Crippen molar-refractivity contribution >= 4 is 39.7 Å². The fourth-order valence-corrected chi connectivity index (χ4v) is 3.98. The summed E-state index contributed by atoms with van der Waals surface area (Å²) in [7, 11) is 0. The van der Waals surface area contributed by atoms with Gasteiger partial charge in [0.2, 0.25) is 0 Å². The Morgan fingerprint density at radius 2 is 1.82 bits per heavy atom. The molecule has 1 aliphatic heterocycles. The van der Waals surface area contributed by atoms with Gasteiger partial charge >= 0.3 is 0 Å². The van der Waals surface area contributed by atoms with E-state index in [0.29, 0.717) is 4.47 Å². The van der Waals surface area contributed by atoms with Crippen LogP contribution in [0.25, 0.3) is 0 Å². The summed E-state index contributed by atoms with van der Waals surface area (Å²) in [4.78, 5) is 3.11. The van der Waals surface area contributed by atoms with Crippen LogP contribution in [0.15, 0.2) is 34.1 Å². The van der Waals surface area contributed by atoms with Gasteiger partial charge in [0, 0.05) is 41.1 Å². The number of halogens is 4. The monoisotopic (exact) mass is 408 g/mol. The summed E-state index contributed by atoms with van der Waals surface area (Å²) in [6, 6.07) is 6.17. The molecule has 1 fully saturated rings. The maximum Gasteiger partial charge on any atom is 0.132 e. The maximum absolute atomic E-state index is 14.4. The van der Waals surface area contributed by atoms with Gasteiger partial charge in [0.1, 0.15) is 11.6 Å². The molecule has 1 saturated heterocycles. The average Bonchev–Trinajstić information content (AvgIpc) is 2.97. The molecule has 2 nitrogen and oxygen atoms in total. The van der Waals surface area contributed by atoms with E-state index < -0.39 is 11.6 Å². The SMILES string of the molecule is Cl.Fc1cc(Br)cc(F)c1[C@H](c1cccs1)N1CCNCC1. The first-order valence-electron chi connectivity index (χ1n) is 6.79. The van der Waals surface area contributed by atoms with Gasteiger partial charge in [-0.25, -0.2) is 8.78 Å². The predicted octanol–water partition coefficient (Wildman–Crippen LogP) is 4.21. The Morgan fingerprint density at radius 3 is 2.36 bits per heavy atom. The molecular weight excluding hydrogens is 394 g/mol. The third-order valence-corrected chi connectivity index (χ3v) is 5.03. The Kier molecular flexibility index (Phi) is 6.35. The second-order valence-corrected chi connectivity index (χ2v) is 6.88. The van der Waals surface area contributed by atoms with Gasteiger partial charge in [0.25, 0.3) is 0 Å². The molecule has 1 aliphatic rings. The first-order valence-corrected chi connectivity index (χ1v) is 8.46. The lowest BCUT2D eigenvalue weighted by Crippen LogP contribution is -2.45. The minimum atomic E-state index is -0.501. The van der Waals surface area contributed by atoms with Crippen LogP contribution in [-0.4, -0.2) is 31.1 Å². The summed E-state index contributed by atoms with van der Waals surface area (Å²) in [6.45, 7) is 3.22. The highest BCUT2D eigenvalue weighted by molar-refractivity contribution is 9.10. The molecule has 120 valence electrons. The number of rotatable bonds is 3. The lowest BCUT2D eigenvalue weighted by Gasteiger charge is -2.35. The fraction of sp³-hybridized carbons (Fsp3) is 0.333. The van der Waals surface area contributed by atoms with E-state index in [1.165, 1.54) is 23.5 Å². The molecule has 1 aromatic carbocycles. The molecule has 0 saturated carbocycles. The van der Waals surface area contributed by atoms with E-state index in [2.05, 4.69) is 26.1 Å². The molecule has 2 aromatic rings.